The highest BCUT2D eigenvalue weighted by Crippen LogP contribution is 2.34. The summed E-state index contributed by atoms with van der Waals surface area (Å²) in [5.41, 5.74) is 2.93. The molecule has 2 aromatic rings. The van der Waals surface area contributed by atoms with Crippen LogP contribution in [-0.2, 0) is 12.8 Å². The first-order valence-corrected chi connectivity index (χ1v) is 8.58. The first-order chi connectivity index (χ1) is 11.1. The summed E-state index contributed by atoms with van der Waals surface area (Å²) in [5.74, 6) is 0.697. The predicted molar refractivity (Wildman–Crippen MR) is 91.5 cm³/mol. The van der Waals surface area contributed by atoms with E-state index in [1.54, 1.807) is 0 Å². The molecule has 4 heteroatoms. The van der Waals surface area contributed by atoms with E-state index in [4.69, 9.17) is 4.98 Å². The first kappa shape index (κ1) is 14.6. The van der Waals surface area contributed by atoms with Crippen molar-refractivity contribution in [2.45, 2.75) is 57.7 Å². The molecule has 2 aliphatic heterocycles. The third kappa shape index (κ3) is 2.51. The van der Waals surface area contributed by atoms with Gasteiger partial charge in [-0.05, 0) is 33.1 Å². The Kier molecular flexibility index (Phi) is 3.57. The second kappa shape index (κ2) is 5.60. The molecule has 0 spiro atoms. The lowest BCUT2D eigenvalue weighted by Gasteiger charge is -2.31. The van der Waals surface area contributed by atoms with Gasteiger partial charge in [-0.3, -0.25) is 9.69 Å². The first-order valence-electron chi connectivity index (χ1n) is 8.58. The maximum absolute atomic E-state index is 12.6. The van der Waals surface area contributed by atoms with Gasteiger partial charge in [0.1, 0.15) is 5.82 Å². The summed E-state index contributed by atoms with van der Waals surface area (Å²) in [7, 11) is 0. The van der Waals surface area contributed by atoms with Gasteiger partial charge >= 0.3 is 0 Å². The quantitative estimate of drug-likeness (QED) is 0.928. The van der Waals surface area contributed by atoms with E-state index in [1.807, 2.05) is 30.3 Å². The summed E-state index contributed by atoms with van der Waals surface area (Å²) in [4.78, 5) is 23.1. The molecular weight excluding hydrogens is 286 g/mol. The Labute approximate surface area is 136 Å². The van der Waals surface area contributed by atoms with Crippen LogP contribution in [0.5, 0.6) is 0 Å². The fourth-order valence-electron chi connectivity index (χ4n) is 4.35. The SMILES string of the molecule is CC(C)N1[C@@H]2CC[C@H]1Cc1nc(-c3ccccc3)[nH]c(=O)c1C2. The highest BCUT2D eigenvalue weighted by molar-refractivity contribution is 5.54. The maximum Gasteiger partial charge on any atom is 0.254 e. The number of fused-ring (bicyclic) bond motifs is 3. The number of nitrogens with one attached hydrogen (secondary N) is 1. The van der Waals surface area contributed by atoms with Crippen molar-refractivity contribution in [1.82, 2.24) is 14.9 Å². The zero-order valence-electron chi connectivity index (χ0n) is 13.7. The van der Waals surface area contributed by atoms with Gasteiger partial charge in [0.25, 0.3) is 5.56 Å². The third-order valence-electron chi connectivity index (χ3n) is 5.29. The topological polar surface area (TPSA) is 49.0 Å². The molecular formula is C19H23N3O. The molecule has 0 aliphatic carbocycles. The molecule has 1 aromatic heterocycles. The van der Waals surface area contributed by atoms with Gasteiger partial charge in [-0.25, -0.2) is 4.98 Å². The number of aromatic amines is 1. The maximum atomic E-state index is 12.6. The zero-order chi connectivity index (χ0) is 16.0. The second-order valence-electron chi connectivity index (χ2n) is 7.04. The smallest absolute Gasteiger partial charge is 0.254 e. The van der Waals surface area contributed by atoms with Crippen molar-refractivity contribution in [1.29, 1.82) is 0 Å². The second-order valence-corrected chi connectivity index (χ2v) is 7.04. The molecule has 2 atom stereocenters. The molecule has 1 N–H and O–H groups in total. The van der Waals surface area contributed by atoms with Gasteiger partial charge in [-0.15, -0.1) is 0 Å². The number of benzene rings is 1. The fourth-order valence-corrected chi connectivity index (χ4v) is 4.35. The van der Waals surface area contributed by atoms with E-state index in [-0.39, 0.29) is 5.56 Å². The van der Waals surface area contributed by atoms with Crippen LogP contribution in [0.1, 0.15) is 37.9 Å². The Morgan fingerprint density at radius 1 is 1.13 bits per heavy atom. The molecule has 0 amide bonds. The highest BCUT2D eigenvalue weighted by atomic mass is 16.1. The van der Waals surface area contributed by atoms with Crippen LogP contribution in [0.2, 0.25) is 0 Å². The number of hydrogen-bond donors (Lipinski definition) is 1. The van der Waals surface area contributed by atoms with Crippen molar-refractivity contribution in [3.8, 4) is 11.4 Å². The number of H-pyrrole nitrogens is 1. The Morgan fingerprint density at radius 3 is 2.52 bits per heavy atom. The summed E-state index contributed by atoms with van der Waals surface area (Å²) < 4.78 is 0. The highest BCUT2D eigenvalue weighted by Gasteiger charge is 2.39. The van der Waals surface area contributed by atoms with Gasteiger partial charge in [-0.1, -0.05) is 30.3 Å². The Hall–Kier alpha value is -1.94. The monoisotopic (exact) mass is 309 g/mol. The summed E-state index contributed by atoms with van der Waals surface area (Å²) >= 11 is 0. The number of aromatic nitrogens is 2. The van der Waals surface area contributed by atoms with E-state index in [0.29, 0.717) is 23.9 Å². The van der Waals surface area contributed by atoms with Crippen LogP contribution in [0.3, 0.4) is 0 Å². The molecule has 1 aromatic carbocycles. The molecule has 2 bridgehead atoms. The number of rotatable bonds is 2. The van der Waals surface area contributed by atoms with Crippen molar-refractivity contribution in [3.05, 3.63) is 51.9 Å². The Bertz CT molecular complexity index is 766. The Morgan fingerprint density at radius 2 is 1.83 bits per heavy atom. The minimum absolute atomic E-state index is 0.0464. The van der Waals surface area contributed by atoms with Crippen LogP contribution in [0.15, 0.2) is 35.1 Å². The summed E-state index contributed by atoms with van der Waals surface area (Å²) in [5, 5.41) is 0. The summed E-state index contributed by atoms with van der Waals surface area (Å²) in [6, 6.07) is 11.5. The van der Waals surface area contributed by atoms with Crippen molar-refractivity contribution in [2.75, 3.05) is 0 Å². The van der Waals surface area contributed by atoms with E-state index in [0.717, 1.165) is 29.7 Å². The third-order valence-corrected chi connectivity index (χ3v) is 5.29. The molecule has 1 saturated heterocycles. The van der Waals surface area contributed by atoms with E-state index < -0.39 is 0 Å². The molecule has 0 radical (unpaired) electrons. The van der Waals surface area contributed by atoms with E-state index in [9.17, 15) is 4.79 Å². The minimum atomic E-state index is 0.0464. The largest absolute Gasteiger partial charge is 0.306 e. The molecule has 0 saturated carbocycles. The average molecular weight is 309 g/mol. The standard InChI is InChI=1S/C19H23N3O/c1-12(2)22-14-8-9-15(22)11-17-16(10-14)19(23)21-18(20-17)13-6-4-3-5-7-13/h3-7,12,14-15H,8-11H2,1-2H3,(H,20,21,23)/t14-,15+/m1/s1. The Balaban J connectivity index is 1.78. The summed E-state index contributed by atoms with van der Waals surface area (Å²) in [6.07, 6.45) is 4.15. The van der Waals surface area contributed by atoms with Crippen LogP contribution >= 0.6 is 0 Å². The normalized spacial score (nSPS) is 23.8. The van der Waals surface area contributed by atoms with Crippen LogP contribution in [0.4, 0.5) is 0 Å². The zero-order valence-corrected chi connectivity index (χ0v) is 13.7. The van der Waals surface area contributed by atoms with Gasteiger partial charge in [0.15, 0.2) is 0 Å². The lowest BCUT2D eigenvalue weighted by Crippen LogP contribution is -2.41. The van der Waals surface area contributed by atoms with Crippen molar-refractivity contribution >= 4 is 0 Å². The minimum Gasteiger partial charge on any atom is -0.306 e. The lowest BCUT2D eigenvalue weighted by atomic mass is 9.98. The molecule has 3 heterocycles. The van der Waals surface area contributed by atoms with Crippen molar-refractivity contribution < 1.29 is 0 Å². The molecule has 2 aliphatic rings. The molecule has 120 valence electrons. The van der Waals surface area contributed by atoms with Crippen molar-refractivity contribution in [2.24, 2.45) is 0 Å². The van der Waals surface area contributed by atoms with E-state index in [2.05, 4.69) is 23.7 Å². The molecule has 4 nitrogen and oxygen atoms in total. The van der Waals surface area contributed by atoms with Gasteiger partial charge in [0.2, 0.25) is 0 Å². The van der Waals surface area contributed by atoms with Crippen LogP contribution < -0.4 is 5.56 Å². The van der Waals surface area contributed by atoms with Crippen molar-refractivity contribution in [3.63, 3.8) is 0 Å². The fraction of sp³-hybridized carbons (Fsp3) is 0.474. The predicted octanol–water partition coefficient (Wildman–Crippen LogP) is 2.78. The summed E-state index contributed by atoms with van der Waals surface area (Å²) in [6.45, 7) is 4.52. The number of nitrogens with zero attached hydrogens (tertiary/aromatic N) is 2. The van der Waals surface area contributed by atoms with Crippen LogP contribution in [-0.4, -0.2) is 33.0 Å². The van der Waals surface area contributed by atoms with Gasteiger partial charge < -0.3 is 4.98 Å². The van der Waals surface area contributed by atoms with Gasteiger partial charge in [0, 0.05) is 35.7 Å². The van der Waals surface area contributed by atoms with Gasteiger partial charge in [-0.2, -0.15) is 0 Å². The molecule has 0 unspecified atom stereocenters. The van der Waals surface area contributed by atoms with E-state index >= 15 is 0 Å². The van der Waals surface area contributed by atoms with Crippen LogP contribution in [0, 0.1) is 0 Å². The molecule has 23 heavy (non-hydrogen) atoms. The van der Waals surface area contributed by atoms with Gasteiger partial charge in [0.05, 0.1) is 5.69 Å². The van der Waals surface area contributed by atoms with Crippen LogP contribution in [0.25, 0.3) is 11.4 Å². The number of hydrogen-bond acceptors (Lipinski definition) is 3. The molecule has 4 rings (SSSR count). The average Bonchev–Trinajstić information content (AvgIpc) is 2.84. The lowest BCUT2D eigenvalue weighted by molar-refractivity contribution is 0.152. The van der Waals surface area contributed by atoms with E-state index in [1.165, 1.54) is 12.8 Å². The molecule has 1 fully saturated rings.